The first-order valence-corrected chi connectivity index (χ1v) is 16.4. The molecule has 6 aromatic carbocycles. The third-order valence-electron chi connectivity index (χ3n) is 10.3. The summed E-state index contributed by atoms with van der Waals surface area (Å²) in [5.41, 5.74) is 13.0. The van der Waals surface area contributed by atoms with E-state index in [1.807, 2.05) is 18.2 Å². The van der Waals surface area contributed by atoms with Crippen molar-refractivity contribution in [3.63, 3.8) is 0 Å². The Hall–Kier alpha value is -6.88. The molecule has 8 aromatic rings. The van der Waals surface area contributed by atoms with Crippen molar-refractivity contribution in [1.82, 2.24) is 9.13 Å². The number of hydrogen-bond acceptors (Lipinski definition) is 2. The second-order valence-electron chi connectivity index (χ2n) is 12.7. The fourth-order valence-corrected chi connectivity index (χ4v) is 8.11. The summed E-state index contributed by atoms with van der Waals surface area (Å²) in [6.45, 7) is 0. The molecule has 1 atom stereocenters. The van der Waals surface area contributed by atoms with E-state index in [0.29, 0.717) is 11.1 Å². The summed E-state index contributed by atoms with van der Waals surface area (Å²) in [5.74, 6) is -0.249. The fourth-order valence-electron chi connectivity index (χ4n) is 8.11. The maximum absolute atomic E-state index is 10.5. The predicted molar refractivity (Wildman–Crippen MR) is 199 cm³/mol. The first kappa shape index (κ1) is 27.3. The summed E-state index contributed by atoms with van der Waals surface area (Å²) in [5, 5.41) is 25.3. The van der Waals surface area contributed by atoms with E-state index in [1.54, 1.807) is 0 Å². The van der Waals surface area contributed by atoms with E-state index in [-0.39, 0.29) is 5.92 Å². The number of benzene rings is 6. The summed E-state index contributed by atoms with van der Waals surface area (Å²) in [4.78, 5) is 0. The highest BCUT2D eigenvalue weighted by Crippen LogP contribution is 2.47. The topological polar surface area (TPSA) is 57.4 Å². The molecule has 2 aliphatic rings. The highest BCUT2D eigenvalue weighted by molar-refractivity contribution is 6.14. The van der Waals surface area contributed by atoms with Gasteiger partial charge in [0.2, 0.25) is 0 Å². The molecule has 3 heterocycles. The highest BCUT2D eigenvalue weighted by Gasteiger charge is 2.29. The van der Waals surface area contributed by atoms with Gasteiger partial charge >= 0.3 is 0 Å². The van der Waals surface area contributed by atoms with Crippen LogP contribution in [0.1, 0.15) is 28.2 Å². The lowest BCUT2D eigenvalue weighted by atomic mass is 9.84. The molecule has 1 aliphatic heterocycles. The van der Waals surface area contributed by atoms with E-state index in [9.17, 15) is 10.5 Å². The predicted octanol–water partition coefficient (Wildman–Crippen LogP) is 10.8. The minimum atomic E-state index is -0.249. The Bertz CT molecular complexity index is 2840. The molecule has 2 bridgehead atoms. The number of fused-ring (bicyclic) bond motifs is 11. The number of hydrogen-bond donors (Lipinski definition) is 0. The van der Waals surface area contributed by atoms with Gasteiger partial charge in [0.05, 0.1) is 45.5 Å². The lowest BCUT2D eigenvalue weighted by Crippen LogP contribution is -2.09. The molecule has 49 heavy (non-hydrogen) atoms. The first-order chi connectivity index (χ1) is 24.2. The summed E-state index contributed by atoms with van der Waals surface area (Å²) >= 11 is 0. The van der Waals surface area contributed by atoms with Crippen molar-refractivity contribution < 1.29 is 0 Å². The zero-order valence-electron chi connectivity index (χ0n) is 26.3. The van der Waals surface area contributed by atoms with Crippen LogP contribution in [0.2, 0.25) is 0 Å². The van der Waals surface area contributed by atoms with Crippen molar-refractivity contribution in [3.05, 3.63) is 180 Å². The Balaban J connectivity index is 1.22. The van der Waals surface area contributed by atoms with Crippen molar-refractivity contribution in [2.24, 2.45) is 0 Å². The van der Waals surface area contributed by atoms with Gasteiger partial charge in [-0.3, -0.25) is 0 Å². The van der Waals surface area contributed by atoms with Gasteiger partial charge in [-0.1, -0.05) is 103 Å². The summed E-state index contributed by atoms with van der Waals surface area (Å²) < 4.78 is 4.63. The SMILES string of the molecule is N#CC1=CC=C(c2ccc(-n3c4ccccc4c4ccccc43)cc2)C2=CC1c1cccc3c4ccccc4n(c13)-c1cc(C#N)ccc12. The van der Waals surface area contributed by atoms with Crippen molar-refractivity contribution in [1.29, 1.82) is 10.5 Å². The maximum Gasteiger partial charge on any atom is 0.0992 e. The van der Waals surface area contributed by atoms with Gasteiger partial charge < -0.3 is 9.13 Å². The van der Waals surface area contributed by atoms with Gasteiger partial charge in [0, 0.05) is 44.3 Å². The van der Waals surface area contributed by atoms with Gasteiger partial charge in [-0.2, -0.15) is 10.5 Å². The van der Waals surface area contributed by atoms with Crippen LogP contribution in [0.5, 0.6) is 0 Å². The van der Waals surface area contributed by atoms with E-state index in [4.69, 9.17) is 0 Å². The molecule has 4 heteroatoms. The number of rotatable bonds is 2. The van der Waals surface area contributed by atoms with E-state index in [1.165, 1.54) is 21.8 Å². The Morgan fingerprint density at radius 2 is 1.16 bits per heavy atom. The lowest BCUT2D eigenvalue weighted by molar-refractivity contribution is 1.02. The molecule has 0 spiro atoms. The zero-order valence-corrected chi connectivity index (χ0v) is 26.3. The third-order valence-corrected chi connectivity index (χ3v) is 10.3. The molecule has 0 saturated carbocycles. The van der Waals surface area contributed by atoms with Gasteiger partial charge in [0.25, 0.3) is 0 Å². The van der Waals surface area contributed by atoms with Crippen LogP contribution in [0.25, 0.3) is 66.1 Å². The Kier molecular flexibility index (Phi) is 5.73. The molecule has 1 unspecified atom stereocenters. The van der Waals surface area contributed by atoms with Crippen LogP contribution < -0.4 is 0 Å². The Morgan fingerprint density at radius 3 is 1.84 bits per heavy atom. The normalized spacial score (nSPS) is 15.1. The molecule has 0 radical (unpaired) electrons. The van der Waals surface area contributed by atoms with Gasteiger partial charge in [-0.05, 0) is 70.8 Å². The summed E-state index contributed by atoms with van der Waals surface area (Å²) in [7, 11) is 0. The van der Waals surface area contributed by atoms with Crippen molar-refractivity contribution in [2.45, 2.75) is 5.92 Å². The number of para-hydroxylation sites is 4. The second-order valence-corrected chi connectivity index (χ2v) is 12.7. The molecule has 226 valence electrons. The van der Waals surface area contributed by atoms with Crippen molar-refractivity contribution in [2.75, 3.05) is 0 Å². The Morgan fingerprint density at radius 1 is 0.531 bits per heavy atom. The molecule has 0 amide bonds. The summed E-state index contributed by atoms with van der Waals surface area (Å²) in [6.07, 6.45) is 6.35. The molecule has 0 N–H and O–H groups in total. The molecular weight excluding hydrogens is 597 g/mol. The standard InChI is InChI=1S/C45H26N4/c46-26-28-16-22-36-40-25-39(38-12-7-11-37-35-10-3-6-15-43(35)49(45(37)38)44(36)24-28)30(27-47)19-23-32(40)29-17-20-31(21-18-29)48-41-13-4-1-8-33(41)34-9-2-5-14-42(34)48/h1-25,39H. The van der Waals surface area contributed by atoms with E-state index >= 15 is 0 Å². The molecule has 10 rings (SSSR count). The number of aromatic nitrogens is 2. The van der Waals surface area contributed by atoms with Gasteiger partial charge in [0.15, 0.2) is 0 Å². The van der Waals surface area contributed by atoms with Crippen LogP contribution in [0.3, 0.4) is 0 Å². The minimum absolute atomic E-state index is 0.249. The molecule has 4 nitrogen and oxygen atoms in total. The van der Waals surface area contributed by atoms with Gasteiger partial charge in [0.1, 0.15) is 0 Å². The van der Waals surface area contributed by atoms with E-state index in [0.717, 1.165) is 61.0 Å². The number of nitriles is 2. The molecule has 0 saturated heterocycles. The van der Waals surface area contributed by atoms with Crippen LogP contribution in [0, 0.1) is 22.7 Å². The lowest BCUT2D eigenvalue weighted by Gasteiger charge is -2.24. The number of allylic oxidation sites excluding steroid dienone is 6. The van der Waals surface area contributed by atoms with Crippen LogP contribution in [-0.2, 0) is 0 Å². The van der Waals surface area contributed by atoms with Gasteiger partial charge in [-0.25, -0.2) is 0 Å². The largest absolute Gasteiger partial charge is 0.309 e. The van der Waals surface area contributed by atoms with E-state index in [2.05, 4.69) is 155 Å². The van der Waals surface area contributed by atoms with E-state index < -0.39 is 0 Å². The molecular formula is C45H26N4. The highest BCUT2D eigenvalue weighted by atomic mass is 15.0. The van der Waals surface area contributed by atoms with Crippen molar-refractivity contribution >= 4 is 54.8 Å². The quantitative estimate of drug-likeness (QED) is 0.193. The van der Waals surface area contributed by atoms with Crippen LogP contribution in [0.15, 0.2) is 157 Å². The zero-order chi connectivity index (χ0) is 32.6. The Labute approximate surface area is 282 Å². The number of nitrogens with zero attached hydrogens (tertiary/aromatic N) is 4. The van der Waals surface area contributed by atoms with Crippen LogP contribution >= 0.6 is 0 Å². The van der Waals surface area contributed by atoms with Gasteiger partial charge in [-0.15, -0.1) is 0 Å². The van der Waals surface area contributed by atoms with Crippen LogP contribution in [0.4, 0.5) is 0 Å². The molecule has 1 aliphatic carbocycles. The molecule has 0 fully saturated rings. The monoisotopic (exact) mass is 622 g/mol. The fraction of sp³-hybridized carbons (Fsp3) is 0.0222. The molecule has 2 aromatic heterocycles. The first-order valence-electron chi connectivity index (χ1n) is 16.4. The average molecular weight is 623 g/mol. The van der Waals surface area contributed by atoms with Crippen LogP contribution in [-0.4, -0.2) is 9.13 Å². The summed E-state index contributed by atoms with van der Waals surface area (Å²) in [6, 6.07) is 51.6. The average Bonchev–Trinajstić information content (AvgIpc) is 3.59. The minimum Gasteiger partial charge on any atom is -0.309 e. The second kappa shape index (κ2) is 10.3. The van der Waals surface area contributed by atoms with Crippen molar-refractivity contribution in [3.8, 4) is 23.5 Å². The third kappa shape index (κ3) is 3.83. The maximum atomic E-state index is 10.5. The smallest absolute Gasteiger partial charge is 0.0992 e.